The molecule has 2 aromatic carbocycles. The van der Waals surface area contributed by atoms with Gasteiger partial charge in [-0.15, -0.1) is 0 Å². The third kappa shape index (κ3) is 5.25. The molecule has 5 heteroatoms. The number of hydrogen-bond donors (Lipinski definition) is 1. The molecule has 5 nitrogen and oxygen atoms in total. The Morgan fingerprint density at radius 3 is 2.64 bits per heavy atom. The first-order chi connectivity index (χ1) is 12.0. The average Bonchev–Trinajstić information content (AvgIpc) is 2.62. The molecule has 0 fully saturated rings. The zero-order chi connectivity index (χ0) is 18.2. The minimum absolute atomic E-state index is 0.128. The Kier molecular flexibility index (Phi) is 6.41. The van der Waals surface area contributed by atoms with E-state index in [1.165, 1.54) is 0 Å². The van der Waals surface area contributed by atoms with Gasteiger partial charge in [-0.05, 0) is 49.2 Å². The summed E-state index contributed by atoms with van der Waals surface area (Å²) < 4.78 is 5.50. The van der Waals surface area contributed by atoms with Crippen LogP contribution in [0.5, 0.6) is 5.75 Å². The Morgan fingerprint density at radius 1 is 1.28 bits per heavy atom. The van der Waals surface area contributed by atoms with Gasteiger partial charge in [-0.2, -0.15) is 5.26 Å². The lowest BCUT2D eigenvalue weighted by Gasteiger charge is -2.22. The third-order valence-corrected chi connectivity index (χ3v) is 3.86. The summed E-state index contributed by atoms with van der Waals surface area (Å²) in [5, 5.41) is 11.8. The second-order valence-corrected chi connectivity index (χ2v) is 5.84. The molecule has 0 aliphatic rings. The minimum Gasteiger partial charge on any atom is -0.494 e. The molecular formula is C20H23N3O2. The molecule has 0 heterocycles. The van der Waals surface area contributed by atoms with E-state index in [4.69, 9.17) is 10.00 Å². The van der Waals surface area contributed by atoms with Crippen LogP contribution in [-0.4, -0.2) is 24.6 Å². The summed E-state index contributed by atoms with van der Waals surface area (Å²) in [6.45, 7) is 4.97. The first-order valence-corrected chi connectivity index (χ1v) is 8.27. The molecule has 2 aromatic rings. The lowest BCUT2D eigenvalue weighted by Crippen LogP contribution is -2.38. The zero-order valence-electron chi connectivity index (χ0n) is 14.8. The first kappa shape index (κ1) is 18.3. The number of benzene rings is 2. The fourth-order valence-corrected chi connectivity index (χ4v) is 2.45. The van der Waals surface area contributed by atoms with E-state index in [1.807, 2.05) is 50.2 Å². The molecule has 1 unspecified atom stereocenters. The van der Waals surface area contributed by atoms with Crippen LogP contribution in [0.3, 0.4) is 0 Å². The van der Waals surface area contributed by atoms with Gasteiger partial charge in [-0.25, -0.2) is 4.79 Å². The lowest BCUT2D eigenvalue weighted by atomic mass is 10.1. The van der Waals surface area contributed by atoms with Gasteiger partial charge >= 0.3 is 6.03 Å². The van der Waals surface area contributed by atoms with E-state index in [1.54, 1.807) is 24.1 Å². The van der Waals surface area contributed by atoms with E-state index in [2.05, 4.69) is 11.4 Å². The van der Waals surface area contributed by atoms with Crippen LogP contribution in [-0.2, 0) is 6.54 Å². The number of nitriles is 1. The summed E-state index contributed by atoms with van der Waals surface area (Å²) in [7, 11) is 1.75. The van der Waals surface area contributed by atoms with Crippen LogP contribution in [0.25, 0.3) is 0 Å². The number of amides is 2. The fourth-order valence-electron chi connectivity index (χ4n) is 2.45. The van der Waals surface area contributed by atoms with E-state index >= 15 is 0 Å². The smallest absolute Gasteiger partial charge is 0.317 e. The maximum atomic E-state index is 12.4. The number of carbonyl (C=O) groups excluding carboxylic acids is 1. The summed E-state index contributed by atoms with van der Waals surface area (Å²) in [6, 6.07) is 16.8. The van der Waals surface area contributed by atoms with Gasteiger partial charge in [0.1, 0.15) is 5.75 Å². The van der Waals surface area contributed by atoms with Crippen molar-refractivity contribution < 1.29 is 9.53 Å². The predicted molar refractivity (Wildman–Crippen MR) is 97.2 cm³/mol. The molecule has 130 valence electrons. The third-order valence-electron chi connectivity index (χ3n) is 3.86. The predicted octanol–water partition coefficient (Wildman–Crippen LogP) is 3.86. The van der Waals surface area contributed by atoms with E-state index in [0.29, 0.717) is 18.7 Å². The molecule has 0 radical (unpaired) electrons. The Hall–Kier alpha value is -3.00. The van der Waals surface area contributed by atoms with Crippen molar-refractivity contribution in [1.82, 2.24) is 10.2 Å². The largest absolute Gasteiger partial charge is 0.494 e. The summed E-state index contributed by atoms with van der Waals surface area (Å²) in [6.07, 6.45) is 0. The van der Waals surface area contributed by atoms with Crippen LogP contribution in [0.15, 0.2) is 48.5 Å². The Balaban J connectivity index is 1.95. The number of nitrogens with one attached hydrogen (secondary N) is 1. The van der Waals surface area contributed by atoms with E-state index in [-0.39, 0.29) is 12.1 Å². The molecule has 0 aliphatic heterocycles. The number of ether oxygens (including phenoxy) is 1. The number of rotatable bonds is 6. The SMILES string of the molecule is CCOc1cccc(C(C)NC(=O)N(C)Cc2ccc(C#N)cc2)c1. The second-order valence-electron chi connectivity index (χ2n) is 5.84. The van der Waals surface area contributed by atoms with Crippen LogP contribution < -0.4 is 10.1 Å². The maximum absolute atomic E-state index is 12.4. The van der Waals surface area contributed by atoms with Crippen molar-refractivity contribution in [3.63, 3.8) is 0 Å². The number of urea groups is 1. The first-order valence-electron chi connectivity index (χ1n) is 8.27. The van der Waals surface area contributed by atoms with Gasteiger partial charge in [0.25, 0.3) is 0 Å². The quantitative estimate of drug-likeness (QED) is 0.870. The molecule has 1 N–H and O–H groups in total. The monoisotopic (exact) mass is 337 g/mol. The summed E-state index contributed by atoms with van der Waals surface area (Å²) >= 11 is 0. The molecule has 0 saturated heterocycles. The van der Waals surface area contributed by atoms with Crippen LogP contribution >= 0.6 is 0 Å². The van der Waals surface area contributed by atoms with E-state index in [0.717, 1.165) is 16.9 Å². The highest BCUT2D eigenvalue weighted by atomic mass is 16.5. The van der Waals surface area contributed by atoms with Crippen molar-refractivity contribution in [2.45, 2.75) is 26.4 Å². The summed E-state index contributed by atoms with van der Waals surface area (Å²) in [5.41, 5.74) is 2.58. The van der Waals surface area contributed by atoms with Crippen molar-refractivity contribution >= 4 is 6.03 Å². The van der Waals surface area contributed by atoms with Gasteiger partial charge in [-0.1, -0.05) is 24.3 Å². The van der Waals surface area contributed by atoms with Gasteiger partial charge in [0.2, 0.25) is 0 Å². The lowest BCUT2D eigenvalue weighted by molar-refractivity contribution is 0.203. The molecule has 0 aromatic heterocycles. The van der Waals surface area contributed by atoms with Gasteiger partial charge < -0.3 is 15.0 Å². The molecule has 0 saturated carbocycles. The summed E-state index contributed by atoms with van der Waals surface area (Å²) in [5.74, 6) is 0.798. The van der Waals surface area contributed by atoms with Crippen LogP contribution in [0.2, 0.25) is 0 Å². The second kappa shape index (κ2) is 8.74. The van der Waals surface area contributed by atoms with Crippen LogP contribution in [0.1, 0.15) is 36.6 Å². The molecule has 2 amide bonds. The minimum atomic E-state index is -0.154. The average molecular weight is 337 g/mol. The van der Waals surface area contributed by atoms with Gasteiger partial charge in [0, 0.05) is 13.6 Å². The highest BCUT2D eigenvalue weighted by Gasteiger charge is 2.14. The Morgan fingerprint density at radius 2 is 2.00 bits per heavy atom. The molecular weight excluding hydrogens is 314 g/mol. The van der Waals surface area contributed by atoms with Crippen molar-refractivity contribution in [1.29, 1.82) is 5.26 Å². The zero-order valence-corrected chi connectivity index (χ0v) is 14.8. The Bertz CT molecular complexity index is 750. The van der Waals surface area contributed by atoms with E-state index in [9.17, 15) is 4.79 Å². The van der Waals surface area contributed by atoms with Crippen molar-refractivity contribution in [3.05, 3.63) is 65.2 Å². The van der Waals surface area contributed by atoms with Gasteiger partial charge in [0.15, 0.2) is 0 Å². The van der Waals surface area contributed by atoms with Gasteiger partial charge in [-0.3, -0.25) is 0 Å². The van der Waals surface area contributed by atoms with Crippen molar-refractivity contribution in [2.24, 2.45) is 0 Å². The van der Waals surface area contributed by atoms with Crippen LogP contribution in [0, 0.1) is 11.3 Å². The molecule has 25 heavy (non-hydrogen) atoms. The number of hydrogen-bond acceptors (Lipinski definition) is 3. The highest BCUT2D eigenvalue weighted by Crippen LogP contribution is 2.19. The number of carbonyl (C=O) groups is 1. The molecule has 1 atom stereocenters. The molecule has 0 aliphatic carbocycles. The van der Waals surface area contributed by atoms with Gasteiger partial charge in [0.05, 0.1) is 24.3 Å². The standard InChI is InChI=1S/C20H23N3O2/c1-4-25-19-7-5-6-18(12-19)15(2)22-20(24)23(3)14-17-10-8-16(13-21)9-11-17/h5-12,15H,4,14H2,1-3H3,(H,22,24). The highest BCUT2D eigenvalue weighted by molar-refractivity contribution is 5.74. The fraction of sp³-hybridized carbons (Fsp3) is 0.300. The van der Waals surface area contributed by atoms with E-state index < -0.39 is 0 Å². The topological polar surface area (TPSA) is 65.4 Å². The summed E-state index contributed by atoms with van der Waals surface area (Å²) in [4.78, 5) is 14.0. The Labute approximate surface area is 148 Å². The molecule has 0 bridgehead atoms. The van der Waals surface area contributed by atoms with Crippen LogP contribution in [0.4, 0.5) is 4.79 Å². The normalized spacial score (nSPS) is 11.3. The number of nitrogens with zero attached hydrogens (tertiary/aromatic N) is 2. The van der Waals surface area contributed by atoms with Crippen molar-refractivity contribution in [2.75, 3.05) is 13.7 Å². The van der Waals surface area contributed by atoms with Crippen molar-refractivity contribution in [3.8, 4) is 11.8 Å². The maximum Gasteiger partial charge on any atom is 0.317 e. The molecule has 2 rings (SSSR count). The molecule has 0 spiro atoms.